The molecule has 4 heteroatoms. The van der Waals surface area contributed by atoms with E-state index in [1.54, 1.807) is 0 Å². The average Bonchev–Trinajstić information content (AvgIpc) is 3.08. The van der Waals surface area contributed by atoms with E-state index in [-0.39, 0.29) is 0 Å². The van der Waals surface area contributed by atoms with Crippen LogP contribution in [0.1, 0.15) is 221 Å². The highest BCUT2D eigenvalue weighted by Crippen LogP contribution is 2.23. The minimum Gasteiger partial charge on any atom is -0.495 e. The maximum atomic E-state index is 6.68. The fourth-order valence-corrected chi connectivity index (χ4v) is 7.08. The zero-order valence-corrected chi connectivity index (χ0v) is 34.8. The van der Waals surface area contributed by atoms with Crippen molar-refractivity contribution in [1.82, 2.24) is 4.90 Å². The standard InChI is InChI=1S/C45H91NO3/c1-8-13-20-31-42(29-11-4)37-41-47-39-27-18-16-17-23-32-43(48-40-28-26-38-46(6)7)33-24-19-25-36-44(30-12-5)49-45(34-21-14-9-2)35-22-15-10-3/h30,42-43,45H,8-29,31-41H2,1-7H3/b44-30+. The van der Waals surface area contributed by atoms with E-state index in [1.165, 1.54) is 179 Å². The predicted molar refractivity (Wildman–Crippen MR) is 218 cm³/mol. The highest BCUT2D eigenvalue weighted by atomic mass is 16.5. The van der Waals surface area contributed by atoms with Crippen molar-refractivity contribution in [3.05, 3.63) is 11.8 Å². The van der Waals surface area contributed by atoms with Crippen molar-refractivity contribution >= 4 is 0 Å². The van der Waals surface area contributed by atoms with E-state index in [1.807, 2.05) is 0 Å². The summed E-state index contributed by atoms with van der Waals surface area (Å²) in [6.45, 7) is 15.5. The van der Waals surface area contributed by atoms with Crippen LogP contribution in [0.25, 0.3) is 0 Å². The summed E-state index contributed by atoms with van der Waals surface area (Å²) >= 11 is 0. The molecule has 0 aliphatic heterocycles. The van der Waals surface area contributed by atoms with E-state index < -0.39 is 0 Å². The second-order valence-electron chi connectivity index (χ2n) is 15.5. The number of hydrogen-bond donors (Lipinski definition) is 0. The van der Waals surface area contributed by atoms with Crippen LogP contribution in [0.4, 0.5) is 0 Å². The third kappa shape index (κ3) is 34.3. The van der Waals surface area contributed by atoms with E-state index in [0.717, 1.165) is 45.1 Å². The third-order valence-corrected chi connectivity index (χ3v) is 10.2. The second kappa shape index (κ2) is 38.6. The Morgan fingerprint density at radius 3 is 1.65 bits per heavy atom. The Morgan fingerprint density at radius 1 is 0.490 bits per heavy atom. The average molecular weight is 694 g/mol. The molecule has 0 spiro atoms. The molecule has 0 aliphatic carbocycles. The van der Waals surface area contributed by atoms with Crippen molar-refractivity contribution in [2.75, 3.05) is 40.5 Å². The van der Waals surface area contributed by atoms with Crippen LogP contribution in [0.3, 0.4) is 0 Å². The van der Waals surface area contributed by atoms with Gasteiger partial charge in [0.2, 0.25) is 0 Å². The van der Waals surface area contributed by atoms with Crippen LogP contribution in [0.15, 0.2) is 11.8 Å². The van der Waals surface area contributed by atoms with E-state index in [9.17, 15) is 0 Å². The lowest BCUT2D eigenvalue weighted by atomic mass is 9.94. The summed E-state index contributed by atoms with van der Waals surface area (Å²) in [5.74, 6) is 2.14. The Kier molecular flexibility index (Phi) is 38.2. The minimum atomic E-state index is 0.414. The molecule has 4 nitrogen and oxygen atoms in total. The number of hydrogen-bond acceptors (Lipinski definition) is 4. The molecule has 0 saturated heterocycles. The van der Waals surface area contributed by atoms with Crippen molar-refractivity contribution in [1.29, 1.82) is 0 Å². The predicted octanol–water partition coefficient (Wildman–Crippen LogP) is 14.2. The van der Waals surface area contributed by atoms with Crippen LogP contribution in [0.5, 0.6) is 0 Å². The molecule has 0 heterocycles. The summed E-state index contributed by atoms with van der Waals surface area (Å²) in [6.07, 6.45) is 40.2. The molecule has 0 rings (SSSR count). The van der Waals surface area contributed by atoms with Crippen molar-refractivity contribution in [3.8, 4) is 0 Å². The number of nitrogens with zero attached hydrogens (tertiary/aromatic N) is 1. The fraction of sp³-hybridized carbons (Fsp3) is 0.956. The zero-order chi connectivity index (χ0) is 36.0. The van der Waals surface area contributed by atoms with Crippen LogP contribution in [-0.4, -0.2) is 57.6 Å². The minimum absolute atomic E-state index is 0.414. The Labute approximate surface area is 309 Å². The molecule has 2 unspecified atom stereocenters. The molecule has 0 aromatic heterocycles. The van der Waals surface area contributed by atoms with Crippen LogP contribution in [0, 0.1) is 5.92 Å². The van der Waals surface area contributed by atoms with Gasteiger partial charge < -0.3 is 19.1 Å². The summed E-state index contributed by atoms with van der Waals surface area (Å²) < 4.78 is 19.2. The molecular formula is C45H91NO3. The van der Waals surface area contributed by atoms with Crippen LogP contribution in [-0.2, 0) is 14.2 Å². The van der Waals surface area contributed by atoms with Gasteiger partial charge in [0, 0.05) is 26.2 Å². The van der Waals surface area contributed by atoms with Crippen molar-refractivity contribution < 1.29 is 14.2 Å². The number of allylic oxidation sites excluding steroid dienone is 2. The van der Waals surface area contributed by atoms with Crippen LogP contribution in [0.2, 0.25) is 0 Å². The Bertz CT molecular complexity index is 656. The molecule has 0 amide bonds. The van der Waals surface area contributed by atoms with Gasteiger partial charge in [0.1, 0.15) is 0 Å². The Hall–Kier alpha value is -0.580. The lowest BCUT2D eigenvalue weighted by molar-refractivity contribution is 0.0352. The van der Waals surface area contributed by atoms with E-state index in [4.69, 9.17) is 14.2 Å². The summed E-state index contributed by atoms with van der Waals surface area (Å²) in [4.78, 5) is 2.28. The van der Waals surface area contributed by atoms with Crippen molar-refractivity contribution in [2.45, 2.75) is 233 Å². The summed E-state index contributed by atoms with van der Waals surface area (Å²) in [5, 5.41) is 0. The molecule has 0 radical (unpaired) electrons. The molecule has 0 bridgehead atoms. The monoisotopic (exact) mass is 694 g/mol. The first-order chi connectivity index (χ1) is 24.0. The van der Waals surface area contributed by atoms with Gasteiger partial charge in [-0.25, -0.2) is 0 Å². The largest absolute Gasteiger partial charge is 0.495 e. The smallest absolute Gasteiger partial charge is 0.0982 e. The summed E-state index contributed by atoms with van der Waals surface area (Å²) in [5.41, 5.74) is 0. The van der Waals surface area contributed by atoms with Crippen LogP contribution >= 0.6 is 0 Å². The summed E-state index contributed by atoms with van der Waals surface area (Å²) in [7, 11) is 4.33. The first-order valence-corrected chi connectivity index (χ1v) is 22.2. The highest BCUT2D eigenvalue weighted by Gasteiger charge is 2.13. The molecule has 0 aromatic rings. The summed E-state index contributed by atoms with van der Waals surface area (Å²) in [6, 6.07) is 0. The van der Waals surface area contributed by atoms with Crippen molar-refractivity contribution in [2.24, 2.45) is 5.92 Å². The maximum Gasteiger partial charge on any atom is 0.0982 e. The van der Waals surface area contributed by atoms with Gasteiger partial charge >= 0.3 is 0 Å². The van der Waals surface area contributed by atoms with Gasteiger partial charge in [-0.15, -0.1) is 0 Å². The van der Waals surface area contributed by atoms with Crippen molar-refractivity contribution in [3.63, 3.8) is 0 Å². The number of unbranched alkanes of at least 4 members (excludes halogenated alkanes) is 13. The Balaban J connectivity index is 4.44. The Morgan fingerprint density at radius 2 is 1.04 bits per heavy atom. The maximum absolute atomic E-state index is 6.68. The second-order valence-corrected chi connectivity index (χ2v) is 15.5. The quantitative estimate of drug-likeness (QED) is 0.0472. The molecule has 0 saturated carbocycles. The van der Waals surface area contributed by atoms with Gasteiger partial charge in [-0.05, 0) is 110 Å². The fourth-order valence-electron chi connectivity index (χ4n) is 7.08. The molecule has 49 heavy (non-hydrogen) atoms. The molecule has 0 fully saturated rings. The van der Waals surface area contributed by atoms with E-state index in [0.29, 0.717) is 12.2 Å². The topological polar surface area (TPSA) is 30.9 Å². The zero-order valence-electron chi connectivity index (χ0n) is 34.8. The van der Waals surface area contributed by atoms with Gasteiger partial charge in [0.15, 0.2) is 0 Å². The highest BCUT2D eigenvalue weighted by molar-refractivity contribution is 4.93. The van der Waals surface area contributed by atoms with Gasteiger partial charge in [-0.2, -0.15) is 0 Å². The lowest BCUT2D eigenvalue weighted by Gasteiger charge is -2.22. The van der Waals surface area contributed by atoms with Gasteiger partial charge in [0.25, 0.3) is 0 Å². The SMILES string of the molecule is CC/C=C(\CCCCCC(CCCCCCCOCCC(CCC)CCCCC)OCCCCN(C)C)OC(CCCCC)CCCCC. The van der Waals surface area contributed by atoms with Crippen LogP contribution < -0.4 is 0 Å². The number of ether oxygens (including phenoxy) is 3. The molecule has 0 aliphatic rings. The molecule has 0 N–H and O–H groups in total. The van der Waals surface area contributed by atoms with E-state index >= 15 is 0 Å². The van der Waals surface area contributed by atoms with Gasteiger partial charge in [-0.1, -0.05) is 137 Å². The third-order valence-electron chi connectivity index (χ3n) is 10.2. The molecule has 294 valence electrons. The number of rotatable bonds is 40. The lowest BCUT2D eigenvalue weighted by Crippen LogP contribution is -2.16. The first-order valence-electron chi connectivity index (χ1n) is 22.2. The normalized spacial score (nSPS) is 13.5. The molecule has 0 aromatic carbocycles. The van der Waals surface area contributed by atoms with Gasteiger partial charge in [0.05, 0.1) is 18.0 Å². The molecular weight excluding hydrogens is 602 g/mol. The molecule has 2 atom stereocenters. The first kappa shape index (κ1) is 48.4. The van der Waals surface area contributed by atoms with Gasteiger partial charge in [-0.3, -0.25) is 0 Å². The van der Waals surface area contributed by atoms with E-state index in [2.05, 4.69) is 59.7 Å².